The molecule has 1 saturated heterocycles. The molecule has 1 heterocycles. The minimum atomic E-state index is -0.303. The first kappa shape index (κ1) is 25.5. The number of ether oxygens (including phenoxy) is 4. The van der Waals surface area contributed by atoms with E-state index in [0.29, 0.717) is 42.6 Å². The van der Waals surface area contributed by atoms with E-state index in [2.05, 4.69) is 10.2 Å². The van der Waals surface area contributed by atoms with Crippen molar-refractivity contribution in [3.8, 4) is 17.2 Å². The molecule has 1 aliphatic heterocycles. The lowest BCUT2D eigenvalue weighted by Gasteiger charge is -2.35. The van der Waals surface area contributed by atoms with E-state index in [-0.39, 0.29) is 24.4 Å². The van der Waals surface area contributed by atoms with Gasteiger partial charge in [-0.3, -0.25) is 9.69 Å². The molecule has 0 spiro atoms. The van der Waals surface area contributed by atoms with Crippen LogP contribution in [0.4, 0.5) is 4.39 Å². The maximum absolute atomic E-state index is 13.2. The molecular weight excluding hydrogens is 463 g/mol. The van der Waals surface area contributed by atoms with Crippen LogP contribution in [-0.4, -0.2) is 57.9 Å². The van der Waals surface area contributed by atoms with Gasteiger partial charge in [-0.05, 0) is 47.5 Å². The van der Waals surface area contributed by atoms with E-state index in [1.54, 1.807) is 44.6 Å². The van der Waals surface area contributed by atoms with Crippen LogP contribution in [0.3, 0.4) is 0 Å². The molecule has 1 atom stereocenters. The Hall–Kier alpha value is -3.62. The minimum absolute atomic E-state index is 0.0787. The van der Waals surface area contributed by atoms with Crippen LogP contribution in [-0.2, 0) is 11.3 Å². The normalized spacial score (nSPS) is 14.6. The number of nitrogens with zero attached hydrogens (tertiary/aromatic N) is 1. The van der Waals surface area contributed by atoms with Gasteiger partial charge >= 0.3 is 0 Å². The number of benzene rings is 3. The van der Waals surface area contributed by atoms with Gasteiger partial charge in [0.15, 0.2) is 11.5 Å². The van der Waals surface area contributed by atoms with E-state index in [9.17, 15) is 9.18 Å². The predicted octanol–water partition coefficient (Wildman–Crippen LogP) is 4.23. The van der Waals surface area contributed by atoms with Crippen molar-refractivity contribution < 1.29 is 28.1 Å². The molecule has 3 aromatic carbocycles. The minimum Gasteiger partial charge on any atom is -0.493 e. The van der Waals surface area contributed by atoms with Crippen LogP contribution in [0.25, 0.3) is 0 Å². The summed E-state index contributed by atoms with van der Waals surface area (Å²) >= 11 is 0. The fourth-order valence-electron chi connectivity index (χ4n) is 4.21. The van der Waals surface area contributed by atoms with Crippen LogP contribution in [0.1, 0.15) is 27.5 Å². The molecule has 1 fully saturated rings. The Morgan fingerprint density at radius 1 is 0.972 bits per heavy atom. The predicted molar refractivity (Wildman–Crippen MR) is 134 cm³/mol. The van der Waals surface area contributed by atoms with E-state index in [0.717, 1.165) is 24.2 Å². The van der Waals surface area contributed by atoms with Crippen molar-refractivity contribution in [1.82, 2.24) is 10.2 Å². The van der Waals surface area contributed by atoms with Crippen molar-refractivity contribution in [2.75, 3.05) is 47.1 Å². The lowest BCUT2D eigenvalue weighted by atomic mass is 10.0. The highest BCUT2D eigenvalue weighted by atomic mass is 19.1. The van der Waals surface area contributed by atoms with E-state index in [1.807, 2.05) is 24.3 Å². The first-order valence-electron chi connectivity index (χ1n) is 11.9. The summed E-state index contributed by atoms with van der Waals surface area (Å²) in [6, 6.07) is 18.9. The van der Waals surface area contributed by atoms with E-state index in [4.69, 9.17) is 18.9 Å². The molecule has 0 bridgehead atoms. The Labute approximate surface area is 210 Å². The largest absolute Gasteiger partial charge is 0.493 e. The highest BCUT2D eigenvalue weighted by Gasteiger charge is 2.25. The Morgan fingerprint density at radius 2 is 1.69 bits per heavy atom. The summed E-state index contributed by atoms with van der Waals surface area (Å²) in [5, 5.41) is 3.08. The fourth-order valence-corrected chi connectivity index (χ4v) is 4.21. The Bertz CT molecular complexity index is 1150. The van der Waals surface area contributed by atoms with Crippen LogP contribution in [0.2, 0.25) is 0 Å². The molecule has 8 heteroatoms. The summed E-state index contributed by atoms with van der Waals surface area (Å²) in [5.74, 6) is 1.22. The molecule has 4 rings (SSSR count). The second-order valence-electron chi connectivity index (χ2n) is 8.40. The van der Waals surface area contributed by atoms with Crippen LogP contribution in [0, 0.1) is 5.82 Å². The standard InChI is InChI=1S/C28H31FN2O5/c1-33-26-12-9-21(17-27(26)34-2)24(31-13-15-35-16-14-31)18-30-28(32)23-5-3-4-6-25(23)36-19-20-7-10-22(29)11-8-20/h3-12,17,24H,13-16,18-19H2,1-2H3,(H,30,32). The Morgan fingerprint density at radius 3 is 2.42 bits per heavy atom. The summed E-state index contributed by atoms with van der Waals surface area (Å²) in [7, 11) is 3.21. The highest BCUT2D eigenvalue weighted by molar-refractivity contribution is 5.96. The molecule has 3 aromatic rings. The molecule has 0 aliphatic carbocycles. The smallest absolute Gasteiger partial charge is 0.255 e. The zero-order valence-electron chi connectivity index (χ0n) is 20.5. The quantitative estimate of drug-likeness (QED) is 0.455. The number of rotatable bonds is 10. The van der Waals surface area contributed by atoms with Gasteiger partial charge in [0.25, 0.3) is 5.91 Å². The maximum Gasteiger partial charge on any atom is 0.255 e. The second kappa shape index (κ2) is 12.4. The number of nitrogens with one attached hydrogen (secondary N) is 1. The molecule has 0 aromatic heterocycles. The average molecular weight is 495 g/mol. The first-order valence-corrected chi connectivity index (χ1v) is 11.9. The number of methoxy groups -OCH3 is 2. The number of amides is 1. The lowest BCUT2D eigenvalue weighted by Crippen LogP contribution is -2.43. The van der Waals surface area contributed by atoms with Crippen molar-refractivity contribution in [1.29, 1.82) is 0 Å². The number of para-hydroxylation sites is 1. The van der Waals surface area contributed by atoms with Crippen molar-refractivity contribution >= 4 is 5.91 Å². The average Bonchev–Trinajstić information content (AvgIpc) is 2.93. The third kappa shape index (κ3) is 6.33. The topological polar surface area (TPSA) is 69.3 Å². The van der Waals surface area contributed by atoms with Gasteiger partial charge < -0.3 is 24.3 Å². The molecule has 190 valence electrons. The molecule has 7 nitrogen and oxygen atoms in total. The zero-order valence-corrected chi connectivity index (χ0v) is 20.5. The zero-order chi connectivity index (χ0) is 25.3. The number of morpholine rings is 1. The summed E-state index contributed by atoms with van der Waals surface area (Å²) in [6.07, 6.45) is 0. The third-order valence-electron chi connectivity index (χ3n) is 6.17. The molecule has 1 aliphatic rings. The molecule has 1 amide bonds. The highest BCUT2D eigenvalue weighted by Crippen LogP contribution is 2.32. The van der Waals surface area contributed by atoms with Crippen molar-refractivity contribution in [2.45, 2.75) is 12.6 Å². The number of halogens is 1. The lowest BCUT2D eigenvalue weighted by molar-refractivity contribution is 0.0162. The van der Waals surface area contributed by atoms with Gasteiger partial charge in [-0.25, -0.2) is 4.39 Å². The molecule has 0 saturated carbocycles. The van der Waals surface area contributed by atoms with E-state index < -0.39 is 0 Å². The molecule has 1 N–H and O–H groups in total. The van der Waals surface area contributed by atoms with Gasteiger partial charge in [0.1, 0.15) is 18.2 Å². The summed E-state index contributed by atoms with van der Waals surface area (Å²) in [4.78, 5) is 15.5. The van der Waals surface area contributed by atoms with Crippen molar-refractivity contribution in [2.24, 2.45) is 0 Å². The fraction of sp³-hybridized carbons (Fsp3) is 0.321. The number of carbonyl (C=O) groups excluding carboxylic acids is 1. The van der Waals surface area contributed by atoms with E-state index >= 15 is 0 Å². The number of hydrogen-bond acceptors (Lipinski definition) is 6. The third-order valence-corrected chi connectivity index (χ3v) is 6.17. The van der Waals surface area contributed by atoms with Gasteiger partial charge in [0.05, 0.1) is 39.0 Å². The van der Waals surface area contributed by atoms with Crippen molar-refractivity contribution in [3.05, 3.63) is 89.2 Å². The van der Waals surface area contributed by atoms with Gasteiger partial charge in [0.2, 0.25) is 0 Å². The Kier molecular flexibility index (Phi) is 8.76. The van der Waals surface area contributed by atoms with Gasteiger partial charge in [0, 0.05) is 19.6 Å². The van der Waals surface area contributed by atoms with Gasteiger partial charge in [-0.1, -0.05) is 30.3 Å². The number of hydrogen-bond donors (Lipinski definition) is 1. The SMILES string of the molecule is COc1ccc(C(CNC(=O)c2ccccc2OCc2ccc(F)cc2)N2CCOCC2)cc1OC. The van der Waals surface area contributed by atoms with E-state index in [1.165, 1.54) is 12.1 Å². The molecule has 36 heavy (non-hydrogen) atoms. The monoisotopic (exact) mass is 494 g/mol. The summed E-state index contributed by atoms with van der Waals surface area (Å²) in [5.41, 5.74) is 2.26. The van der Waals surface area contributed by atoms with Gasteiger partial charge in [-0.2, -0.15) is 0 Å². The molecule has 1 unspecified atom stereocenters. The van der Waals surface area contributed by atoms with Crippen molar-refractivity contribution in [3.63, 3.8) is 0 Å². The molecule has 0 radical (unpaired) electrons. The summed E-state index contributed by atoms with van der Waals surface area (Å²) in [6.45, 7) is 3.40. The maximum atomic E-state index is 13.2. The second-order valence-corrected chi connectivity index (χ2v) is 8.40. The summed E-state index contributed by atoms with van der Waals surface area (Å²) < 4.78 is 35.5. The number of carbonyl (C=O) groups is 1. The van der Waals surface area contributed by atoms with Crippen LogP contribution >= 0.6 is 0 Å². The molecular formula is C28H31FN2O5. The van der Waals surface area contributed by atoms with Crippen LogP contribution < -0.4 is 19.5 Å². The Balaban J connectivity index is 1.49. The van der Waals surface area contributed by atoms with Crippen LogP contribution in [0.15, 0.2) is 66.7 Å². The first-order chi connectivity index (χ1) is 17.6. The van der Waals surface area contributed by atoms with Gasteiger partial charge in [-0.15, -0.1) is 0 Å². The van der Waals surface area contributed by atoms with Crippen LogP contribution in [0.5, 0.6) is 17.2 Å².